The number of furan rings is 1. The summed E-state index contributed by atoms with van der Waals surface area (Å²) in [5.41, 5.74) is 20.7. The number of aromatic nitrogens is 1. The second-order valence-electron chi connectivity index (χ2n) is 17.0. The topological polar surface area (TPSA) is 18.1 Å². The molecule has 0 bridgehead atoms. The Balaban J connectivity index is 0.000000161. The van der Waals surface area contributed by atoms with Gasteiger partial charge in [-0.15, -0.1) is 0 Å². The number of nitrogens with zero attached hydrogens (tertiary/aromatic N) is 1. The maximum atomic E-state index is 6.26. The van der Waals surface area contributed by atoms with Gasteiger partial charge in [0.1, 0.15) is 11.2 Å². The number of rotatable bonds is 7. The zero-order chi connectivity index (χ0) is 43.7. The molecule has 65 heavy (non-hydrogen) atoms. The van der Waals surface area contributed by atoms with Gasteiger partial charge in [0.05, 0.1) is 5.52 Å². The molecule has 0 aliphatic carbocycles. The van der Waals surface area contributed by atoms with Crippen LogP contribution in [0.4, 0.5) is 0 Å². The Kier molecular flexibility index (Phi) is 10.5. The molecule has 2 aromatic heterocycles. The van der Waals surface area contributed by atoms with Crippen molar-refractivity contribution in [1.29, 1.82) is 0 Å². The molecule has 0 aliphatic heterocycles. The van der Waals surface area contributed by atoms with E-state index in [-0.39, 0.29) is 0 Å². The van der Waals surface area contributed by atoms with Crippen molar-refractivity contribution in [3.63, 3.8) is 0 Å². The number of fused-ring (bicyclic) bond motifs is 6. The minimum Gasteiger partial charge on any atom is -0.455 e. The van der Waals surface area contributed by atoms with E-state index in [0.29, 0.717) is 0 Å². The summed E-state index contributed by atoms with van der Waals surface area (Å²) in [6.45, 7) is 2.19. The summed E-state index contributed by atoms with van der Waals surface area (Å²) >= 11 is 0. The summed E-state index contributed by atoms with van der Waals surface area (Å²) < 4.78 is 8.58. The van der Waals surface area contributed by atoms with Gasteiger partial charge in [-0.25, -0.2) is 0 Å². The number of benzene rings is 10. The fraction of sp³-hybridized carbons (Fsp3) is 0.0476. The standard InChI is InChI=1S/C38H27NO.C25H20/c1-39-35-14-4-2-8-31(35)33-12-6-10-29(37(33)39)27-20-16-25(17-21-27)24-26-18-22-28(23-19-26)30-11-7-13-34-32-9-3-5-15-36(32)40-38(30)34;1-19-18-24(21-10-6-3-7-11-21)16-17-25(19)23-14-12-22(13-15-23)20-8-4-2-5-9-20/h2-23H,24H2,1H3;2-18H,1H3. The van der Waals surface area contributed by atoms with Gasteiger partial charge in [-0.05, 0) is 86.7 Å². The molecule has 0 N–H and O–H groups in total. The molecule has 0 aliphatic rings. The van der Waals surface area contributed by atoms with Crippen LogP contribution >= 0.6 is 0 Å². The molecule has 12 rings (SSSR count). The SMILES string of the molecule is Cc1cc(-c2ccccc2)ccc1-c1ccc(-c2ccccc2)cc1.Cn1c2ccccc2c2cccc(-c3ccc(Cc4ccc(-c5cccc6c5oc5ccccc56)cc4)cc3)c21. The zero-order valence-electron chi connectivity index (χ0n) is 36.6. The van der Waals surface area contributed by atoms with Crippen molar-refractivity contribution >= 4 is 43.7 Å². The van der Waals surface area contributed by atoms with Crippen LogP contribution < -0.4 is 0 Å². The van der Waals surface area contributed by atoms with E-state index in [1.807, 2.05) is 12.1 Å². The van der Waals surface area contributed by atoms with Crippen LogP contribution in [0.1, 0.15) is 16.7 Å². The fourth-order valence-electron chi connectivity index (χ4n) is 9.55. The molecule has 12 aromatic rings. The van der Waals surface area contributed by atoms with Crippen molar-refractivity contribution in [2.24, 2.45) is 7.05 Å². The first-order valence-electron chi connectivity index (χ1n) is 22.4. The first kappa shape index (κ1) is 39.6. The van der Waals surface area contributed by atoms with Crippen molar-refractivity contribution in [2.45, 2.75) is 13.3 Å². The summed E-state index contributed by atoms with van der Waals surface area (Å²) in [5, 5.41) is 4.93. The summed E-state index contributed by atoms with van der Waals surface area (Å²) in [7, 11) is 2.17. The third-order valence-corrected chi connectivity index (χ3v) is 12.9. The lowest BCUT2D eigenvalue weighted by Crippen LogP contribution is -1.91. The van der Waals surface area contributed by atoms with Crippen molar-refractivity contribution < 1.29 is 4.42 Å². The summed E-state index contributed by atoms with van der Waals surface area (Å²) in [6, 6.07) is 84.5. The van der Waals surface area contributed by atoms with Gasteiger partial charge in [0.25, 0.3) is 0 Å². The highest BCUT2D eigenvalue weighted by molar-refractivity contribution is 6.12. The lowest BCUT2D eigenvalue weighted by molar-refractivity contribution is 0.670. The van der Waals surface area contributed by atoms with Gasteiger partial charge < -0.3 is 8.98 Å². The van der Waals surface area contributed by atoms with E-state index in [0.717, 1.165) is 33.9 Å². The van der Waals surface area contributed by atoms with E-state index in [2.05, 4.69) is 243 Å². The van der Waals surface area contributed by atoms with E-state index in [1.54, 1.807) is 0 Å². The number of hydrogen-bond donors (Lipinski definition) is 0. The lowest BCUT2D eigenvalue weighted by Gasteiger charge is -2.10. The van der Waals surface area contributed by atoms with Crippen molar-refractivity contribution in [1.82, 2.24) is 4.57 Å². The minimum absolute atomic E-state index is 0.896. The van der Waals surface area contributed by atoms with E-state index >= 15 is 0 Å². The first-order chi connectivity index (χ1) is 32.1. The zero-order valence-corrected chi connectivity index (χ0v) is 36.6. The van der Waals surface area contributed by atoms with Crippen molar-refractivity contribution in [3.8, 4) is 55.6 Å². The number of aryl methyl sites for hydroxylation is 2. The van der Waals surface area contributed by atoms with Gasteiger partial charge in [0.2, 0.25) is 0 Å². The largest absolute Gasteiger partial charge is 0.455 e. The fourth-order valence-corrected chi connectivity index (χ4v) is 9.55. The quantitative estimate of drug-likeness (QED) is 0.156. The molecule has 0 spiro atoms. The average Bonchev–Trinajstić information content (AvgIpc) is 3.90. The Labute approximate surface area is 380 Å². The second kappa shape index (κ2) is 17.2. The van der Waals surface area contributed by atoms with Gasteiger partial charge in [-0.1, -0.05) is 224 Å². The number of para-hydroxylation sites is 4. The molecule has 0 fully saturated rings. The van der Waals surface area contributed by atoms with Gasteiger partial charge in [-0.2, -0.15) is 0 Å². The molecular weight excluding hydrogens is 787 g/mol. The van der Waals surface area contributed by atoms with Crippen molar-refractivity contribution in [2.75, 3.05) is 0 Å². The van der Waals surface area contributed by atoms with E-state index in [9.17, 15) is 0 Å². The highest BCUT2D eigenvalue weighted by atomic mass is 16.3. The third-order valence-electron chi connectivity index (χ3n) is 12.9. The Morgan fingerprint density at radius 2 is 0.831 bits per heavy atom. The lowest BCUT2D eigenvalue weighted by atomic mass is 9.94. The van der Waals surface area contributed by atoms with Crippen LogP contribution in [-0.4, -0.2) is 4.57 Å². The summed E-state index contributed by atoms with van der Waals surface area (Å²) in [5.74, 6) is 0. The van der Waals surface area contributed by atoms with E-state index in [4.69, 9.17) is 4.42 Å². The summed E-state index contributed by atoms with van der Waals surface area (Å²) in [4.78, 5) is 0. The monoisotopic (exact) mass is 833 g/mol. The molecule has 2 heterocycles. The molecule has 0 atom stereocenters. The van der Waals surface area contributed by atoms with Crippen molar-refractivity contribution in [3.05, 3.63) is 253 Å². The minimum atomic E-state index is 0.896. The molecule has 0 saturated carbocycles. The van der Waals surface area contributed by atoms with Gasteiger partial charge in [0.15, 0.2) is 0 Å². The van der Waals surface area contributed by atoms with Crippen LogP contribution in [0, 0.1) is 6.92 Å². The molecule has 10 aromatic carbocycles. The molecule has 2 heteroatoms. The Morgan fingerprint density at radius 3 is 1.51 bits per heavy atom. The van der Waals surface area contributed by atoms with E-state index < -0.39 is 0 Å². The molecular formula is C63H47NO. The Bertz CT molecular complexity index is 3600. The van der Waals surface area contributed by atoms with Crippen LogP contribution in [0.3, 0.4) is 0 Å². The Hall–Kier alpha value is -8.20. The van der Waals surface area contributed by atoms with Crippen LogP contribution in [0.2, 0.25) is 0 Å². The smallest absolute Gasteiger partial charge is 0.143 e. The predicted octanol–water partition coefficient (Wildman–Crippen LogP) is 17.2. The predicted molar refractivity (Wildman–Crippen MR) is 275 cm³/mol. The average molecular weight is 834 g/mol. The van der Waals surface area contributed by atoms with Crippen LogP contribution in [0.25, 0.3) is 99.4 Å². The molecule has 310 valence electrons. The van der Waals surface area contributed by atoms with Crippen LogP contribution in [-0.2, 0) is 13.5 Å². The van der Waals surface area contributed by atoms with E-state index in [1.165, 1.54) is 88.6 Å². The second-order valence-corrected chi connectivity index (χ2v) is 17.0. The highest BCUT2D eigenvalue weighted by Gasteiger charge is 2.14. The first-order valence-corrected chi connectivity index (χ1v) is 22.4. The van der Waals surface area contributed by atoms with Crippen LogP contribution in [0.5, 0.6) is 0 Å². The summed E-state index contributed by atoms with van der Waals surface area (Å²) in [6.07, 6.45) is 0.896. The maximum absolute atomic E-state index is 6.26. The van der Waals surface area contributed by atoms with Gasteiger partial charge in [0, 0.05) is 45.2 Å². The molecule has 0 unspecified atom stereocenters. The molecule has 2 nitrogen and oxygen atoms in total. The van der Waals surface area contributed by atoms with Crippen LogP contribution in [0.15, 0.2) is 241 Å². The maximum Gasteiger partial charge on any atom is 0.143 e. The normalized spacial score (nSPS) is 11.3. The third kappa shape index (κ3) is 7.70. The molecule has 0 saturated heterocycles. The Morgan fingerprint density at radius 1 is 0.354 bits per heavy atom. The van der Waals surface area contributed by atoms with Gasteiger partial charge in [-0.3, -0.25) is 0 Å². The highest BCUT2D eigenvalue weighted by Crippen LogP contribution is 2.38. The number of hydrogen-bond acceptors (Lipinski definition) is 1. The molecule has 0 amide bonds. The molecule has 0 radical (unpaired) electrons. The van der Waals surface area contributed by atoms with Gasteiger partial charge >= 0.3 is 0 Å².